The summed E-state index contributed by atoms with van der Waals surface area (Å²) in [6.45, 7) is 6.03. The van der Waals surface area contributed by atoms with Crippen molar-refractivity contribution < 1.29 is 18.1 Å². The number of benzene rings is 1. The van der Waals surface area contributed by atoms with E-state index in [1.807, 2.05) is 0 Å². The number of hydrogen-bond donors (Lipinski definition) is 0. The van der Waals surface area contributed by atoms with Gasteiger partial charge in [-0.2, -0.15) is 13.2 Å². The van der Waals surface area contributed by atoms with Crippen molar-refractivity contribution in [1.29, 1.82) is 0 Å². The number of likely N-dealkylation sites (tertiary alicyclic amines) is 1. The Morgan fingerprint density at radius 1 is 1.17 bits per heavy atom. The van der Waals surface area contributed by atoms with Crippen LogP contribution in [0.15, 0.2) is 24.8 Å². The van der Waals surface area contributed by atoms with Crippen LogP contribution in [-0.4, -0.2) is 42.2 Å². The highest BCUT2D eigenvalue weighted by Crippen LogP contribution is 2.50. The van der Waals surface area contributed by atoms with Crippen LogP contribution < -0.4 is 4.90 Å². The van der Waals surface area contributed by atoms with Gasteiger partial charge in [0.1, 0.15) is 0 Å². The van der Waals surface area contributed by atoms with Crippen molar-refractivity contribution in [3.05, 3.63) is 40.5 Å². The first-order chi connectivity index (χ1) is 13.7. The fourth-order valence-corrected chi connectivity index (χ4v) is 4.98. The molecule has 0 radical (unpaired) electrons. The minimum absolute atomic E-state index is 0.00431. The van der Waals surface area contributed by atoms with E-state index in [9.17, 15) is 23.3 Å². The van der Waals surface area contributed by atoms with E-state index in [1.54, 1.807) is 11.0 Å². The highest BCUT2D eigenvalue weighted by molar-refractivity contribution is 5.77. The van der Waals surface area contributed by atoms with Crippen LogP contribution >= 0.6 is 0 Å². The number of nitrogens with zero attached hydrogens (tertiary/aromatic N) is 3. The standard InChI is InChI=1S/C21H26F3N3O2/c1-15(25-11-8-20(9-12-25)6-2-7-20)18-4-3-17(27(28)29)13-19(18)26-10-5-16(14-26)21(22,23)24/h3-4,13,16H,1-2,5-12,14H2. The van der Waals surface area contributed by atoms with Crippen LogP contribution in [0.1, 0.15) is 44.1 Å². The Kier molecular flexibility index (Phi) is 4.99. The number of hydrogen-bond acceptors (Lipinski definition) is 4. The number of halogens is 3. The maximum atomic E-state index is 13.2. The van der Waals surface area contributed by atoms with E-state index < -0.39 is 17.0 Å². The Bertz CT molecular complexity index is 810. The van der Waals surface area contributed by atoms with Gasteiger partial charge in [0, 0.05) is 49.6 Å². The molecular formula is C21H26F3N3O2. The van der Waals surface area contributed by atoms with Crippen molar-refractivity contribution in [2.45, 2.75) is 44.7 Å². The van der Waals surface area contributed by atoms with Gasteiger partial charge in [0.2, 0.25) is 0 Å². The average Bonchev–Trinajstić information content (AvgIpc) is 3.16. The molecule has 1 spiro atoms. The van der Waals surface area contributed by atoms with Crippen molar-refractivity contribution >= 4 is 17.1 Å². The maximum absolute atomic E-state index is 13.2. The number of anilines is 1. The predicted octanol–water partition coefficient (Wildman–Crippen LogP) is 5.22. The molecule has 0 aromatic heterocycles. The normalized spacial score (nSPS) is 23.9. The smallest absolute Gasteiger partial charge is 0.371 e. The molecule has 5 nitrogen and oxygen atoms in total. The summed E-state index contributed by atoms with van der Waals surface area (Å²) >= 11 is 0. The van der Waals surface area contributed by atoms with Crippen molar-refractivity contribution in [2.75, 3.05) is 31.1 Å². The minimum atomic E-state index is -4.25. The van der Waals surface area contributed by atoms with Crippen molar-refractivity contribution in [2.24, 2.45) is 11.3 Å². The zero-order valence-corrected chi connectivity index (χ0v) is 16.4. The Morgan fingerprint density at radius 2 is 1.86 bits per heavy atom. The van der Waals surface area contributed by atoms with Crippen LogP contribution in [0.5, 0.6) is 0 Å². The molecular weight excluding hydrogens is 383 g/mol. The van der Waals surface area contributed by atoms with Crippen LogP contribution in [0, 0.1) is 21.4 Å². The molecule has 158 valence electrons. The van der Waals surface area contributed by atoms with E-state index in [4.69, 9.17) is 0 Å². The van der Waals surface area contributed by atoms with E-state index in [-0.39, 0.29) is 25.2 Å². The second kappa shape index (κ2) is 7.22. The van der Waals surface area contributed by atoms with Crippen molar-refractivity contribution in [1.82, 2.24) is 4.90 Å². The Morgan fingerprint density at radius 3 is 2.38 bits per heavy atom. The minimum Gasteiger partial charge on any atom is -0.371 e. The molecule has 2 heterocycles. The maximum Gasteiger partial charge on any atom is 0.393 e. The third-order valence-corrected chi connectivity index (χ3v) is 7.11. The van der Waals surface area contributed by atoms with Crippen LogP contribution in [0.4, 0.5) is 24.5 Å². The van der Waals surface area contributed by atoms with E-state index in [0.717, 1.165) is 31.6 Å². The zero-order chi connectivity index (χ0) is 20.8. The Labute approximate surface area is 168 Å². The first kappa shape index (κ1) is 20.0. The molecule has 3 fully saturated rings. The fourth-order valence-electron chi connectivity index (χ4n) is 4.98. The van der Waals surface area contributed by atoms with Gasteiger partial charge in [0.25, 0.3) is 5.69 Å². The molecule has 2 aliphatic heterocycles. The second-order valence-electron chi connectivity index (χ2n) is 8.72. The molecule has 1 aromatic rings. The summed E-state index contributed by atoms with van der Waals surface area (Å²) in [7, 11) is 0. The van der Waals surface area contributed by atoms with Gasteiger partial charge in [0.15, 0.2) is 0 Å². The molecule has 0 N–H and O–H groups in total. The summed E-state index contributed by atoms with van der Waals surface area (Å²) < 4.78 is 39.5. The second-order valence-corrected chi connectivity index (χ2v) is 8.72. The topological polar surface area (TPSA) is 49.6 Å². The molecule has 1 saturated carbocycles. The highest BCUT2D eigenvalue weighted by atomic mass is 19.4. The Balaban J connectivity index is 1.58. The summed E-state index contributed by atoms with van der Waals surface area (Å²) in [6, 6.07) is 4.46. The largest absolute Gasteiger partial charge is 0.393 e. The van der Waals surface area contributed by atoms with Gasteiger partial charge in [-0.15, -0.1) is 0 Å². The van der Waals surface area contributed by atoms with Gasteiger partial charge >= 0.3 is 6.18 Å². The van der Waals surface area contributed by atoms with Gasteiger partial charge in [0.05, 0.1) is 16.5 Å². The molecule has 1 aliphatic carbocycles. The van der Waals surface area contributed by atoms with Crippen LogP contribution in [-0.2, 0) is 0 Å². The molecule has 3 aliphatic rings. The molecule has 1 aromatic carbocycles. The van der Waals surface area contributed by atoms with Crippen LogP contribution in [0.3, 0.4) is 0 Å². The van der Waals surface area contributed by atoms with Gasteiger partial charge in [-0.1, -0.05) is 13.0 Å². The number of nitro groups is 1. The summed E-state index contributed by atoms with van der Waals surface area (Å²) in [4.78, 5) is 14.6. The monoisotopic (exact) mass is 409 g/mol. The fraction of sp³-hybridized carbons (Fsp3) is 0.619. The predicted molar refractivity (Wildman–Crippen MR) is 106 cm³/mol. The van der Waals surface area contributed by atoms with E-state index in [1.165, 1.54) is 31.4 Å². The van der Waals surface area contributed by atoms with Gasteiger partial charge in [-0.05, 0) is 43.6 Å². The molecule has 8 heteroatoms. The summed E-state index contributed by atoms with van der Waals surface area (Å²) in [5, 5.41) is 11.3. The average molecular weight is 409 g/mol. The van der Waals surface area contributed by atoms with Gasteiger partial charge in [-0.3, -0.25) is 10.1 Å². The third kappa shape index (κ3) is 3.81. The summed E-state index contributed by atoms with van der Waals surface area (Å²) in [5.41, 5.74) is 2.30. The Hall–Kier alpha value is -2.25. The zero-order valence-electron chi connectivity index (χ0n) is 16.4. The molecule has 1 unspecified atom stereocenters. The van der Waals surface area contributed by atoms with E-state index in [2.05, 4.69) is 11.5 Å². The number of non-ortho nitro benzene ring substituents is 1. The number of rotatable bonds is 4. The molecule has 0 amide bonds. The molecule has 2 saturated heterocycles. The van der Waals surface area contributed by atoms with Crippen LogP contribution in [0.25, 0.3) is 5.70 Å². The molecule has 1 atom stereocenters. The lowest BCUT2D eigenvalue weighted by molar-refractivity contribution is -0.384. The molecule has 29 heavy (non-hydrogen) atoms. The molecule has 4 rings (SSSR count). The number of alkyl halides is 3. The third-order valence-electron chi connectivity index (χ3n) is 7.11. The van der Waals surface area contributed by atoms with Gasteiger partial charge < -0.3 is 9.80 Å². The quantitative estimate of drug-likeness (QED) is 0.505. The first-order valence-electron chi connectivity index (χ1n) is 10.2. The van der Waals surface area contributed by atoms with E-state index in [0.29, 0.717) is 16.7 Å². The summed E-state index contributed by atoms with van der Waals surface area (Å²) in [6.07, 6.45) is 1.82. The van der Waals surface area contributed by atoms with Gasteiger partial charge in [-0.25, -0.2) is 0 Å². The number of piperidine rings is 1. The summed E-state index contributed by atoms with van der Waals surface area (Å²) in [5.74, 6) is -1.41. The lowest BCUT2D eigenvalue weighted by Crippen LogP contribution is -2.42. The van der Waals surface area contributed by atoms with Crippen molar-refractivity contribution in [3.63, 3.8) is 0 Å². The number of nitro benzene ring substituents is 1. The van der Waals surface area contributed by atoms with Crippen molar-refractivity contribution in [3.8, 4) is 0 Å². The lowest BCUT2D eigenvalue weighted by Gasteiger charge is -2.49. The highest BCUT2D eigenvalue weighted by Gasteiger charge is 2.44. The molecule has 0 bridgehead atoms. The first-order valence-corrected chi connectivity index (χ1v) is 10.2. The van der Waals surface area contributed by atoms with Crippen LogP contribution in [0.2, 0.25) is 0 Å². The lowest BCUT2D eigenvalue weighted by atomic mass is 9.63. The SMILES string of the molecule is C=C(c1ccc([N+](=O)[O-])cc1N1CCC(C(F)(F)F)C1)N1CCC2(CCC2)CC1. The van der Waals surface area contributed by atoms with E-state index >= 15 is 0 Å².